The SMILES string of the molecule is CNS(=O)(=O)c1ccc(CNC(=O)c2cccn2C(C)C)s1. The van der Waals surface area contributed by atoms with Gasteiger partial charge >= 0.3 is 0 Å². The van der Waals surface area contributed by atoms with Gasteiger partial charge in [-0.1, -0.05) is 0 Å². The maximum Gasteiger partial charge on any atom is 0.268 e. The number of rotatable bonds is 6. The zero-order valence-electron chi connectivity index (χ0n) is 12.7. The summed E-state index contributed by atoms with van der Waals surface area (Å²) >= 11 is 1.14. The normalized spacial score (nSPS) is 11.8. The molecule has 1 amide bonds. The zero-order chi connectivity index (χ0) is 16.3. The van der Waals surface area contributed by atoms with Gasteiger partial charge in [-0.15, -0.1) is 11.3 Å². The standard InChI is InChI=1S/C14H19N3O3S2/c1-10(2)17-8-4-5-12(17)14(18)16-9-11-6-7-13(21-11)22(19,20)15-3/h4-8,10,15H,9H2,1-3H3,(H,16,18). The first-order chi connectivity index (χ1) is 10.3. The number of carbonyl (C=O) groups excluding carboxylic acids is 1. The average molecular weight is 341 g/mol. The van der Waals surface area contributed by atoms with Crippen LogP contribution in [0.2, 0.25) is 0 Å². The van der Waals surface area contributed by atoms with Crippen molar-refractivity contribution in [1.29, 1.82) is 0 Å². The Balaban J connectivity index is 2.04. The summed E-state index contributed by atoms with van der Waals surface area (Å²) in [6.07, 6.45) is 1.86. The Bertz CT molecular complexity index is 760. The summed E-state index contributed by atoms with van der Waals surface area (Å²) in [4.78, 5) is 13.0. The number of hydrogen-bond acceptors (Lipinski definition) is 4. The van der Waals surface area contributed by atoms with Gasteiger partial charge in [0.25, 0.3) is 5.91 Å². The Morgan fingerprint density at radius 2 is 2.05 bits per heavy atom. The molecule has 0 bridgehead atoms. The number of sulfonamides is 1. The summed E-state index contributed by atoms with van der Waals surface area (Å²) in [6, 6.07) is 7.04. The number of thiophene rings is 1. The maximum absolute atomic E-state index is 12.2. The Morgan fingerprint density at radius 3 is 2.68 bits per heavy atom. The van der Waals surface area contributed by atoms with Crippen LogP contribution in [0.1, 0.15) is 35.3 Å². The fourth-order valence-corrected chi connectivity index (χ4v) is 4.13. The summed E-state index contributed by atoms with van der Waals surface area (Å²) < 4.78 is 27.7. The quantitative estimate of drug-likeness (QED) is 0.843. The topological polar surface area (TPSA) is 80.2 Å². The Hall–Kier alpha value is -1.64. The van der Waals surface area contributed by atoms with Crippen LogP contribution in [0.25, 0.3) is 0 Å². The molecule has 0 aromatic carbocycles. The second-order valence-corrected chi connectivity index (χ2v) is 8.29. The Kier molecular flexibility index (Phi) is 5.05. The van der Waals surface area contributed by atoms with Crippen molar-refractivity contribution in [3.8, 4) is 0 Å². The lowest BCUT2D eigenvalue weighted by molar-refractivity contribution is 0.0940. The predicted molar refractivity (Wildman–Crippen MR) is 86.6 cm³/mol. The van der Waals surface area contributed by atoms with Crippen LogP contribution < -0.4 is 10.0 Å². The van der Waals surface area contributed by atoms with Crippen molar-refractivity contribution in [3.63, 3.8) is 0 Å². The molecule has 6 nitrogen and oxygen atoms in total. The highest BCUT2D eigenvalue weighted by atomic mass is 32.2. The van der Waals surface area contributed by atoms with Gasteiger partial charge in [-0.3, -0.25) is 4.79 Å². The van der Waals surface area contributed by atoms with E-state index in [1.807, 2.05) is 30.7 Å². The van der Waals surface area contributed by atoms with Gasteiger partial charge in [0.2, 0.25) is 10.0 Å². The highest BCUT2D eigenvalue weighted by Crippen LogP contribution is 2.21. The van der Waals surface area contributed by atoms with E-state index in [2.05, 4.69) is 10.0 Å². The van der Waals surface area contributed by atoms with Crippen LogP contribution in [-0.4, -0.2) is 25.9 Å². The molecule has 2 heterocycles. The molecule has 2 N–H and O–H groups in total. The van der Waals surface area contributed by atoms with Gasteiger partial charge in [-0.05, 0) is 45.2 Å². The second kappa shape index (κ2) is 6.64. The van der Waals surface area contributed by atoms with Crippen molar-refractivity contribution in [2.45, 2.75) is 30.6 Å². The maximum atomic E-state index is 12.2. The second-order valence-electron chi connectivity index (χ2n) is 5.01. The summed E-state index contributed by atoms with van der Waals surface area (Å²) in [5.41, 5.74) is 0.592. The van der Waals surface area contributed by atoms with Gasteiger partial charge in [0.05, 0.1) is 6.54 Å². The van der Waals surface area contributed by atoms with Gasteiger partial charge in [0, 0.05) is 17.1 Å². The summed E-state index contributed by atoms with van der Waals surface area (Å²) in [6.45, 7) is 4.31. The van der Waals surface area contributed by atoms with Crippen molar-refractivity contribution in [3.05, 3.63) is 41.0 Å². The molecule has 0 atom stereocenters. The first-order valence-electron chi connectivity index (χ1n) is 6.82. The molecule has 2 aromatic heterocycles. The summed E-state index contributed by atoms with van der Waals surface area (Å²) in [5.74, 6) is -0.176. The molecule has 0 unspecified atom stereocenters. The van der Waals surface area contributed by atoms with Crippen LogP contribution in [0, 0.1) is 0 Å². The minimum absolute atomic E-state index is 0.176. The number of hydrogen-bond donors (Lipinski definition) is 2. The molecule has 0 aliphatic rings. The summed E-state index contributed by atoms with van der Waals surface area (Å²) in [7, 11) is -2.05. The third kappa shape index (κ3) is 3.57. The number of nitrogens with zero attached hydrogens (tertiary/aromatic N) is 1. The fourth-order valence-electron chi connectivity index (χ4n) is 1.99. The van der Waals surface area contributed by atoms with E-state index >= 15 is 0 Å². The predicted octanol–water partition coefficient (Wildman–Crippen LogP) is 1.97. The molecule has 2 aromatic rings. The molecule has 22 heavy (non-hydrogen) atoms. The molecular weight excluding hydrogens is 322 g/mol. The van der Waals surface area contributed by atoms with E-state index in [0.29, 0.717) is 12.2 Å². The van der Waals surface area contributed by atoms with E-state index in [4.69, 9.17) is 0 Å². The van der Waals surface area contributed by atoms with Crippen molar-refractivity contribution >= 4 is 27.3 Å². The molecule has 0 aliphatic heterocycles. The van der Waals surface area contributed by atoms with Crippen molar-refractivity contribution < 1.29 is 13.2 Å². The van der Waals surface area contributed by atoms with Gasteiger partial charge in [0.1, 0.15) is 9.90 Å². The van der Waals surface area contributed by atoms with Crippen LogP contribution in [-0.2, 0) is 16.6 Å². The number of amides is 1. The molecule has 120 valence electrons. The minimum atomic E-state index is -3.43. The average Bonchev–Trinajstić information content (AvgIpc) is 3.13. The molecule has 8 heteroatoms. The van der Waals surface area contributed by atoms with Crippen molar-refractivity contribution in [1.82, 2.24) is 14.6 Å². The molecule has 0 spiro atoms. The first-order valence-corrected chi connectivity index (χ1v) is 9.12. The lowest BCUT2D eigenvalue weighted by Crippen LogP contribution is -2.25. The van der Waals surface area contributed by atoms with Crippen molar-refractivity contribution in [2.24, 2.45) is 0 Å². The van der Waals surface area contributed by atoms with Crippen molar-refractivity contribution in [2.75, 3.05) is 7.05 Å². The highest BCUT2D eigenvalue weighted by Gasteiger charge is 2.16. The van der Waals surface area contributed by atoms with Gasteiger partial charge in [0.15, 0.2) is 0 Å². The fraction of sp³-hybridized carbons (Fsp3) is 0.357. The minimum Gasteiger partial charge on any atom is -0.346 e. The molecule has 0 fully saturated rings. The Morgan fingerprint density at radius 1 is 1.32 bits per heavy atom. The van der Waals surface area contributed by atoms with Crippen LogP contribution in [0.3, 0.4) is 0 Å². The third-order valence-electron chi connectivity index (χ3n) is 3.16. The lowest BCUT2D eigenvalue weighted by atomic mass is 10.3. The number of aromatic nitrogens is 1. The Labute approximate surface area is 134 Å². The lowest BCUT2D eigenvalue weighted by Gasteiger charge is -2.12. The van der Waals surface area contributed by atoms with E-state index in [-0.39, 0.29) is 16.2 Å². The van der Waals surface area contributed by atoms with E-state index in [1.165, 1.54) is 13.1 Å². The van der Waals surface area contributed by atoms with Gasteiger partial charge < -0.3 is 9.88 Å². The molecule has 0 saturated carbocycles. The third-order valence-corrected chi connectivity index (χ3v) is 6.15. The molecule has 0 radical (unpaired) electrons. The molecule has 0 aliphatic carbocycles. The molecule has 0 saturated heterocycles. The monoisotopic (exact) mass is 341 g/mol. The number of nitrogens with one attached hydrogen (secondary N) is 2. The molecule has 2 rings (SSSR count). The van der Waals surface area contributed by atoms with Gasteiger partial charge in [-0.25, -0.2) is 13.1 Å². The van der Waals surface area contributed by atoms with E-state index in [0.717, 1.165) is 16.2 Å². The van der Waals surface area contributed by atoms with Crippen LogP contribution in [0.4, 0.5) is 0 Å². The van der Waals surface area contributed by atoms with E-state index in [9.17, 15) is 13.2 Å². The van der Waals surface area contributed by atoms with E-state index in [1.54, 1.807) is 12.1 Å². The first kappa shape index (κ1) is 16.7. The summed E-state index contributed by atoms with van der Waals surface area (Å²) in [5, 5.41) is 2.81. The van der Waals surface area contributed by atoms with Gasteiger partial charge in [-0.2, -0.15) is 0 Å². The number of carbonyl (C=O) groups is 1. The van der Waals surface area contributed by atoms with Crippen LogP contribution in [0.15, 0.2) is 34.7 Å². The molecular formula is C14H19N3O3S2. The zero-order valence-corrected chi connectivity index (χ0v) is 14.3. The highest BCUT2D eigenvalue weighted by molar-refractivity contribution is 7.91. The van der Waals surface area contributed by atoms with Crippen LogP contribution in [0.5, 0.6) is 0 Å². The largest absolute Gasteiger partial charge is 0.346 e. The van der Waals surface area contributed by atoms with Crippen LogP contribution >= 0.6 is 11.3 Å². The van der Waals surface area contributed by atoms with E-state index < -0.39 is 10.0 Å². The smallest absolute Gasteiger partial charge is 0.268 e.